The Morgan fingerprint density at radius 1 is 1.00 bits per heavy atom. The fourth-order valence-electron chi connectivity index (χ4n) is 3.88. The van der Waals surface area contributed by atoms with Gasteiger partial charge in [0.2, 0.25) is 0 Å². The van der Waals surface area contributed by atoms with Crippen LogP contribution in [0.5, 0.6) is 0 Å². The average Bonchev–Trinajstić information content (AvgIpc) is 2.98. The molecule has 0 fully saturated rings. The first-order chi connectivity index (χ1) is 12.2. The van der Waals surface area contributed by atoms with E-state index in [1.807, 2.05) is 12.1 Å². The zero-order valence-corrected chi connectivity index (χ0v) is 14.5. The molecule has 0 radical (unpaired) electrons. The van der Waals surface area contributed by atoms with Crippen LogP contribution in [-0.4, -0.2) is 16.0 Å². The zero-order valence-electron chi connectivity index (χ0n) is 14.5. The SMILES string of the molecule is Cc1cccc([C@H]2c3cccn3CCCN2Cc2ccccc2F)c1. The monoisotopic (exact) mass is 334 g/mol. The second-order valence-electron chi connectivity index (χ2n) is 6.86. The fraction of sp³-hybridized carbons (Fsp3) is 0.273. The van der Waals surface area contributed by atoms with E-state index < -0.39 is 0 Å². The van der Waals surface area contributed by atoms with Crippen molar-refractivity contribution in [3.63, 3.8) is 0 Å². The molecule has 0 saturated heterocycles. The number of hydrogen-bond donors (Lipinski definition) is 0. The van der Waals surface area contributed by atoms with Gasteiger partial charge in [-0.2, -0.15) is 0 Å². The molecule has 3 aromatic rings. The molecular formula is C22H23FN2. The number of rotatable bonds is 3. The number of fused-ring (bicyclic) bond motifs is 1. The van der Waals surface area contributed by atoms with Crippen LogP contribution in [-0.2, 0) is 13.1 Å². The maximum atomic E-state index is 14.2. The first kappa shape index (κ1) is 16.1. The summed E-state index contributed by atoms with van der Waals surface area (Å²) in [5, 5.41) is 0. The minimum Gasteiger partial charge on any atom is -0.350 e. The molecule has 1 aromatic heterocycles. The van der Waals surface area contributed by atoms with Gasteiger partial charge >= 0.3 is 0 Å². The van der Waals surface area contributed by atoms with Gasteiger partial charge in [0.15, 0.2) is 0 Å². The van der Waals surface area contributed by atoms with Crippen LogP contribution in [0.1, 0.15) is 34.8 Å². The molecule has 25 heavy (non-hydrogen) atoms. The molecule has 0 amide bonds. The second kappa shape index (κ2) is 6.85. The van der Waals surface area contributed by atoms with Crippen molar-refractivity contribution in [3.05, 3.63) is 95.1 Å². The number of hydrogen-bond acceptors (Lipinski definition) is 1. The van der Waals surface area contributed by atoms with Gasteiger partial charge in [-0.25, -0.2) is 4.39 Å². The molecule has 3 heteroatoms. The third-order valence-electron chi connectivity index (χ3n) is 5.04. The summed E-state index contributed by atoms with van der Waals surface area (Å²) in [6.07, 6.45) is 3.23. The van der Waals surface area contributed by atoms with Crippen LogP contribution >= 0.6 is 0 Å². The standard InChI is InChI=1S/C22H23FN2/c1-17-7-4-9-18(15-17)22-21-11-5-12-24(21)13-6-14-25(22)16-19-8-2-3-10-20(19)23/h2-5,7-12,15,22H,6,13-14,16H2,1H3/t22-/m0/s1. The van der Waals surface area contributed by atoms with Crippen molar-refractivity contribution in [1.29, 1.82) is 0 Å². The molecule has 0 aliphatic carbocycles. The van der Waals surface area contributed by atoms with Crippen molar-refractivity contribution in [1.82, 2.24) is 9.47 Å². The lowest BCUT2D eigenvalue weighted by Crippen LogP contribution is -2.30. The van der Waals surface area contributed by atoms with Crippen LogP contribution in [0.4, 0.5) is 4.39 Å². The smallest absolute Gasteiger partial charge is 0.127 e. The van der Waals surface area contributed by atoms with E-state index in [4.69, 9.17) is 0 Å². The predicted octanol–water partition coefficient (Wildman–Crippen LogP) is 4.93. The van der Waals surface area contributed by atoms with E-state index in [1.54, 1.807) is 12.1 Å². The number of nitrogens with zero attached hydrogens (tertiary/aromatic N) is 2. The molecule has 2 aromatic carbocycles. The minimum atomic E-state index is -0.120. The Morgan fingerprint density at radius 2 is 1.88 bits per heavy atom. The summed E-state index contributed by atoms with van der Waals surface area (Å²) in [4.78, 5) is 2.41. The molecule has 1 aliphatic rings. The minimum absolute atomic E-state index is 0.120. The normalized spacial score (nSPS) is 17.9. The molecule has 0 spiro atoms. The molecule has 0 bridgehead atoms. The van der Waals surface area contributed by atoms with E-state index in [-0.39, 0.29) is 11.9 Å². The summed E-state index contributed by atoms with van der Waals surface area (Å²) in [7, 11) is 0. The highest BCUT2D eigenvalue weighted by Crippen LogP contribution is 2.33. The number of aromatic nitrogens is 1. The second-order valence-corrected chi connectivity index (χ2v) is 6.86. The molecule has 1 atom stereocenters. The maximum Gasteiger partial charge on any atom is 0.127 e. The lowest BCUT2D eigenvalue weighted by molar-refractivity contribution is 0.217. The highest BCUT2D eigenvalue weighted by atomic mass is 19.1. The van der Waals surface area contributed by atoms with E-state index in [2.05, 4.69) is 59.0 Å². The number of halogens is 1. The van der Waals surface area contributed by atoms with Gasteiger partial charge in [0.1, 0.15) is 5.82 Å². The van der Waals surface area contributed by atoms with Gasteiger partial charge < -0.3 is 4.57 Å². The van der Waals surface area contributed by atoms with Gasteiger partial charge in [0.05, 0.1) is 6.04 Å². The van der Waals surface area contributed by atoms with E-state index >= 15 is 0 Å². The number of benzene rings is 2. The molecule has 1 aliphatic heterocycles. The molecule has 2 nitrogen and oxygen atoms in total. The number of aryl methyl sites for hydroxylation is 2. The van der Waals surface area contributed by atoms with Crippen molar-refractivity contribution in [2.75, 3.05) is 6.54 Å². The first-order valence-corrected chi connectivity index (χ1v) is 8.91. The van der Waals surface area contributed by atoms with E-state index in [1.165, 1.54) is 16.8 Å². The fourth-order valence-corrected chi connectivity index (χ4v) is 3.88. The maximum absolute atomic E-state index is 14.2. The van der Waals surface area contributed by atoms with Gasteiger partial charge in [-0.05, 0) is 37.1 Å². The molecule has 128 valence electrons. The molecule has 4 rings (SSSR count). The highest BCUT2D eigenvalue weighted by molar-refractivity contribution is 5.33. The Morgan fingerprint density at radius 3 is 2.72 bits per heavy atom. The van der Waals surface area contributed by atoms with Crippen molar-refractivity contribution < 1.29 is 4.39 Å². The third kappa shape index (κ3) is 3.24. The van der Waals surface area contributed by atoms with Gasteiger partial charge in [0.25, 0.3) is 0 Å². The van der Waals surface area contributed by atoms with Crippen LogP contribution in [0.25, 0.3) is 0 Å². The summed E-state index contributed by atoms with van der Waals surface area (Å²) < 4.78 is 16.6. The average molecular weight is 334 g/mol. The molecule has 2 heterocycles. The van der Waals surface area contributed by atoms with Gasteiger partial charge in [-0.15, -0.1) is 0 Å². The third-order valence-corrected chi connectivity index (χ3v) is 5.04. The van der Waals surface area contributed by atoms with Crippen LogP contribution in [0.15, 0.2) is 66.9 Å². The van der Waals surface area contributed by atoms with E-state index in [9.17, 15) is 4.39 Å². The van der Waals surface area contributed by atoms with Gasteiger partial charge in [0, 0.05) is 37.1 Å². The summed E-state index contributed by atoms with van der Waals surface area (Å²) in [6.45, 7) is 4.71. The summed E-state index contributed by atoms with van der Waals surface area (Å²) in [5.41, 5.74) is 4.59. The Kier molecular flexibility index (Phi) is 4.41. The topological polar surface area (TPSA) is 8.17 Å². The van der Waals surface area contributed by atoms with Crippen molar-refractivity contribution in [3.8, 4) is 0 Å². The lowest BCUT2D eigenvalue weighted by atomic mass is 9.99. The highest BCUT2D eigenvalue weighted by Gasteiger charge is 2.27. The summed E-state index contributed by atoms with van der Waals surface area (Å²) in [5.74, 6) is -0.120. The van der Waals surface area contributed by atoms with Crippen LogP contribution in [0.2, 0.25) is 0 Å². The Balaban J connectivity index is 1.77. The van der Waals surface area contributed by atoms with Crippen LogP contribution in [0.3, 0.4) is 0 Å². The van der Waals surface area contributed by atoms with Crippen LogP contribution < -0.4 is 0 Å². The zero-order chi connectivity index (χ0) is 17.2. The lowest BCUT2D eigenvalue weighted by Gasteiger charge is -2.31. The Hall–Kier alpha value is -2.39. The quantitative estimate of drug-likeness (QED) is 0.659. The first-order valence-electron chi connectivity index (χ1n) is 8.91. The largest absolute Gasteiger partial charge is 0.350 e. The summed E-state index contributed by atoms with van der Waals surface area (Å²) >= 11 is 0. The van der Waals surface area contributed by atoms with Gasteiger partial charge in [-0.1, -0.05) is 48.0 Å². The Labute approximate surface area is 148 Å². The molecular weight excluding hydrogens is 311 g/mol. The summed E-state index contributed by atoms with van der Waals surface area (Å²) in [6, 6.07) is 20.3. The molecule has 0 N–H and O–H groups in total. The molecule has 0 unspecified atom stereocenters. The van der Waals surface area contributed by atoms with E-state index in [0.29, 0.717) is 6.54 Å². The van der Waals surface area contributed by atoms with Crippen molar-refractivity contribution in [2.45, 2.75) is 32.5 Å². The molecule has 0 saturated carbocycles. The van der Waals surface area contributed by atoms with Crippen LogP contribution in [0, 0.1) is 12.7 Å². The van der Waals surface area contributed by atoms with Crippen molar-refractivity contribution in [2.24, 2.45) is 0 Å². The van der Waals surface area contributed by atoms with E-state index in [0.717, 1.165) is 25.1 Å². The Bertz CT molecular complexity index is 868. The van der Waals surface area contributed by atoms with Crippen molar-refractivity contribution >= 4 is 0 Å². The predicted molar refractivity (Wildman–Crippen MR) is 98.9 cm³/mol. The van der Waals surface area contributed by atoms with Gasteiger partial charge in [-0.3, -0.25) is 4.90 Å².